The van der Waals surface area contributed by atoms with E-state index >= 15 is 0 Å². The van der Waals surface area contributed by atoms with Crippen molar-refractivity contribution in [3.63, 3.8) is 0 Å². The van der Waals surface area contributed by atoms with Gasteiger partial charge in [-0.1, -0.05) is 24.3 Å². The molecule has 0 saturated carbocycles. The van der Waals surface area contributed by atoms with Gasteiger partial charge in [0, 0.05) is 17.3 Å². The van der Waals surface area contributed by atoms with Crippen molar-refractivity contribution in [3.8, 4) is 0 Å². The number of benzene rings is 2. The molecule has 3 aromatic rings. The molecule has 0 N–H and O–H groups in total. The predicted octanol–water partition coefficient (Wildman–Crippen LogP) is 3.70. The molecule has 23 heavy (non-hydrogen) atoms. The van der Waals surface area contributed by atoms with Crippen LogP contribution in [-0.2, 0) is 4.79 Å². The molecule has 3 nitrogen and oxygen atoms in total. The van der Waals surface area contributed by atoms with E-state index in [1.54, 1.807) is 11.8 Å². The minimum atomic E-state index is -1.10. The summed E-state index contributed by atoms with van der Waals surface area (Å²) in [6, 6.07) is 15.8. The first-order chi connectivity index (χ1) is 11.2. The van der Waals surface area contributed by atoms with Crippen molar-refractivity contribution in [1.82, 2.24) is 4.98 Å². The topological polar surface area (TPSA) is 53.0 Å². The normalized spacial score (nSPS) is 11.8. The summed E-state index contributed by atoms with van der Waals surface area (Å²) in [5, 5.41) is 11.8. The molecule has 0 spiro atoms. The van der Waals surface area contributed by atoms with Crippen LogP contribution in [0.5, 0.6) is 0 Å². The number of carbonyl (C=O) groups excluding carboxylic acids is 1. The van der Waals surface area contributed by atoms with Crippen LogP contribution < -0.4 is 5.11 Å². The molecule has 5 heteroatoms. The van der Waals surface area contributed by atoms with E-state index in [0.29, 0.717) is 5.57 Å². The molecule has 2 aromatic carbocycles. The molecular weight excluding hydrogens is 326 g/mol. The van der Waals surface area contributed by atoms with E-state index in [-0.39, 0.29) is 6.42 Å². The van der Waals surface area contributed by atoms with Gasteiger partial charge in [-0.25, -0.2) is 4.98 Å². The quantitative estimate of drug-likeness (QED) is 0.665. The minimum absolute atomic E-state index is 0.149. The van der Waals surface area contributed by atoms with Crippen LogP contribution in [0.4, 0.5) is 0 Å². The average molecular weight is 340 g/mol. The third kappa shape index (κ3) is 3.81. The van der Waals surface area contributed by atoms with Gasteiger partial charge >= 0.3 is 0 Å². The fourth-order valence-corrected chi connectivity index (χ4v) is 3.64. The first kappa shape index (κ1) is 15.8. The Kier molecular flexibility index (Phi) is 4.79. The highest BCUT2D eigenvalue weighted by Gasteiger charge is 2.09. The van der Waals surface area contributed by atoms with E-state index in [4.69, 9.17) is 0 Å². The van der Waals surface area contributed by atoms with Gasteiger partial charge in [-0.3, -0.25) is 0 Å². The summed E-state index contributed by atoms with van der Waals surface area (Å²) in [6.45, 7) is 0. The van der Waals surface area contributed by atoms with Crippen LogP contribution in [0.1, 0.15) is 17.0 Å². The number of carboxylic acid groups (broad SMARTS) is 1. The lowest BCUT2D eigenvalue weighted by Gasteiger charge is -2.06. The Labute approximate surface area is 142 Å². The first-order valence-corrected chi connectivity index (χ1v) is 9.10. The number of carboxylic acids is 1. The highest BCUT2D eigenvalue weighted by Crippen LogP contribution is 2.30. The standard InChI is InChI=1S/C18H15NO2S2/c1-22-14-8-6-12(7-9-14)10-13(11-17(20)21)18-19-15-4-2-3-5-16(15)23-18/h2-10H,11H2,1H3,(H,20,21)/p-1/b13-10+. The smallest absolute Gasteiger partial charge is 0.120 e. The van der Waals surface area contributed by atoms with Crippen molar-refractivity contribution in [1.29, 1.82) is 0 Å². The molecule has 0 unspecified atom stereocenters. The highest BCUT2D eigenvalue weighted by atomic mass is 32.2. The Morgan fingerprint density at radius 2 is 1.96 bits per heavy atom. The third-order valence-corrected chi connectivity index (χ3v) is 5.22. The summed E-state index contributed by atoms with van der Waals surface area (Å²) in [5.41, 5.74) is 2.51. The number of carbonyl (C=O) groups is 1. The van der Waals surface area contributed by atoms with Gasteiger partial charge in [-0.15, -0.1) is 23.1 Å². The van der Waals surface area contributed by atoms with Gasteiger partial charge in [-0.05, 0) is 47.7 Å². The SMILES string of the molecule is CSc1ccc(/C=C(\CC(=O)[O-])c2nc3ccccc3s2)cc1. The molecule has 0 aliphatic carbocycles. The van der Waals surface area contributed by atoms with Crippen LogP contribution in [0.3, 0.4) is 0 Å². The molecule has 0 fully saturated rings. The lowest BCUT2D eigenvalue weighted by molar-refractivity contribution is -0.304. The summed E-state index contributed by atoms with van der Waals surface area (Å²) >= 11 is 3.17. The van der Waals surface area contributed by atoms with E-state index in [2.05, 4.69) is 4.98 Å². The monoisotopic (exact) mass is 340 g/mol. The molecule has 0 bridgehead atoms. The zero-order chi connectivity index (χ0) is 16.2. The predicted molar refractivity (Wildman–Crippen MR) is 95.3 cm³/mol. The van der Waals surface area contributed by atoms with Crippen LogP contribution in [-0.4, -0.2) is 17.2 Å². The lowest BCUT2D eigenvalue weighted by atomic mass is 10.1. The van der Waals surface area contributed by atoms with Gasteiger partial charge in [0.25, 0.3) is 0 Å². The van der Waals surface area contributed by atoms with Crippen LogP contribution in [0.2, 0.25) is 0 Å². The van der Waals surface area contributed by atoms with Crippen molar-refractivity contribution >= 4 is 50.9 Å². The number of hydrogen-bond donors (Lipinski definition) is 0. The molecular formula is C18H14NO2S2-. The van der Waals surface area contributed by atoms with Gasteiger partial charge in [0.05, 0.1) is 10.2 Å². The van der Waals surface area contributed by atoms with E-state index in [0.717, 1.165) is 20.8 Å². The number of thiazole rings is 1. The molecule has 0 saturated heterocycles. The maximum absolute atomic E-state index is 11.1. The molecule has 116 valence electrons. The van der Waals surface area contributed by atoms with E-state index in [9.17, 15) is 9.90 Å². The zero-order valence-electron chi connectivity index (χ0n) is 12.5. The zero-order valence-corrected chi connectivity index (χ0v) is 14.1. The minimum Gasteiger partial charge on any atom is -0.550 e. The van der Waals surface area contributed by atoms with Gasteiger partial charge in [-0.2, -0.15) is 0 Å². The van der Waals surface area contributed by atoms with Gasteiger partial charge in [0.2, 0.25) is 0 Å². The second-order valence-electron chi connectivity index (χ2n) is 4.98. The lowest BCUT2D eigenvalue weighted by Crippen LogP contribution is -2.22. The molecule has 0 aliphatic rings. The molecule has 0 aliphatic heterocycles. The number of hydrogen-bond acceptors (Lipinski definition) is 5. The number of thioether (sulfide) groups is 1. The Hall–Kier alpha value is -2.11. The second kappa shape index (κ2) is 6.98. The van der Waals surface area contributed by atoms with Gasteiger partial charge in [0.1, 0.15) is 5.01 Å². The Morgan fingerprint density at radius 1 is 1.22 bits per heavy atom. The Morgan fingerprint density at radius 3 is 2.61 bits per heavy atom. The average Bonchev–Trinajstić information content (AvgIpc) is 2.98. The molecule has 0 radical (unpaired) electrons. The maximum atomic E-state index is 11.1. The highest BCUT2D eigenvalue weighted by molar-refractivity contribution is 7.98. The van der Waals surface area contributed by atoms with E-state index < -0.39 is 5.97 Å². The third-order valence-electron chi connectivity index (χ3n) is 3.36. The van der Waals surface area contributed by atoms with Gasteiger partial charge < -0.3 is 9.90 Å². The van der Waals surface area contributed by atoms with Crippen LogP contribution in [0.25, 0.3) is 21.9 Å². The van der Waals surface area contributed by atoms with Crippen molar-refractivity contribution in [2.24, 2.45) is 0 Å². The number of para-hydroxylation sites is 1. The van der Waals surface area contributed by atoms with Crippen molar-refractivity contribution in [2.45, 2.75) is 11.3 Å². The van der Waals surface area contributed by atoms with Crippen LogP contribution >= 0.6 is 23.1 Å². The summed E-state index contributed by atoms with van der Waals surface area (Å²) in [5.74, 6) is -1.10. The molecule has 1 heterocycles. The molecule has 0 atom stereocenters. The number of fused-ring (bicyclic) bond motifs is 1. The summed E-state index contributed by atoms with van der Waals surface area (Å²) in [4.78, 5) is 16.8. The fourth-order valence-electron chi connectivity index (χ4n) is 2.25. The van der Waals surface area contributed by atoms with E-state index in [1.165, 1.54) is 16.2 Å². The molecule has 3 rings (SSSR count). The summed E-state index contributed by atoms with van der Waals surface area (Å²) in [7, 11) is 0. The summed E-state index contributed by atoms with van der Waals surface area (Å²) < 4.78 is 1.05. The Balaban J connectivity index is 2.01. The van der Waals surface area contributed by atoms with Gasteiger partial charge in [0.15, 0.2) is 0 Å². The van der Waals surface area contributed by atoms with Crippen LogP contribution in [0.15, 0.2) is 53.4 Å². The number of nitrogens with zero attached hydrogens (tertiary/aromatic N) is 1. The first-order valence-electron chi connectivity index (χ1n) is 7.06. The maximum Gasteiger partial charge on any atom is 0.120 e. The Bertz CT molecular complexity index is 833. The van der Waals surface area contributed by atoms with E-state index in [1.807, 2.05) is 60.9 Å². The fraction of sp³-hybridized carbons (Fsp3) is 0.111. The molecule has 1 aromatic heterocycles. The van der Waals surface area contributed by atoms with Crippen molar-refractivity contribution < 1.29 is 9.90 Å². The molecule has 0 amide bonds. The van der Waals surface area contributed by atoms with Crippen LogP contribution in [0, 0.1) is 0 Å². The number of aromatic nitrogens is 1. The van der Waals surface area contributed by atoms with Crippen molar-refractivity contribution in [3.05, 3.63) is 59.1 Å². The van der Waals surface area contributed by atoms with Crippen molar-refractivity contribution in [2.75, 3.05) is 6.26 Å². The number of rotatable bonds is 5. The number of aliphatic carboxylic acids is 1. The summed E-state index contributed by atoms with van der Waals surface area (Å²) in [6.07, 6.45) is 3.75. The second-order valence-corrected chi connectivity index (χ2v) is 6.89. The largest absolute Gasteiger partial charge is 0.550 e.